The number of sulfone groups is 1. The molecule has 0 unspecified atom stereocenters. The number of fused-ring (bicyclic) bond motifs is 1. The first kappa shape index (κ1) is 20.7. The van der Waals surface area contributed by atoms with Crippen molar-refractivity contribution in [3.63, 3.8) is 0 Å². The lowest BCUT2D eigenvalue weighted by atomic mass is 9.98. The predicted molar refractivity (Wildman–Crippen MR) is 119 cm³/mol. The van der Waals surface area contributed by atoms with Gasteiger partial charge in [0.15, 0.2) is 11.1 Å². The molecule has 2 aromatic carbocycles. The minimum Gasteiger partial charge on any atom is -0.494 e. The molecule has 30 heavy (non-hydrogen) atoms. The number of H-pyrrole nitrogens is 1. The lowest BCUT2D eigenvalue weighted by molar-refractivity contribution is -0.347. The average molecular weight is 426 g/mol. The number of hydrogen-bond acceptors (Lipinski definition) is 4. The first-order chi connectivity index (χ1) is 14.4. The molecule has 2 heterocycles. The molecule has 3 aromatic rings. The molecule has 6 heteroatoms. The van der Waals surface area contributed by atoms with E-state index in [1.54, 1.807) is 18.3 Å². The highest BCUT2D eigenvalue weighted by atomic mass is 32.2. The Bertz CT molecular complexity index is 1150. The molecule has 0 bridgehead atoms. The van der Waals surface area contributed by atoms with Crippen LogP contribution in [0.2, 0.25) is 0 Å². The largest absolute Gasteiger partial charge is 0.494 e. The number of anilines is 1. The molecule has 0 amide bonds. The zero-order valence-electron chi connectivity index (χ0n) is 17.8. The lowest BCUT2D eigenvalue weighted by Crippen LogP contribution is -2.34. The maximum Gasteiger partial charge on any atom is 0.214 e. The van der Waals surface area contributed by atoms with E-state index in [0.29, 0.717) is 22.3 Å². The van der Waals surface area contributed by atoms with Gasteiger partial charge in [0.05, 0.1) is 22.6 Å². The molecular weight excluding hydrogens is 396 g/mol. The number of aryl methyl sites for hydroxylation is 1. The van der Waals surface area contributed by atoms with E-state index in [0.717, 1.165) is 53.8 Å². The van der Waals surface area contributed by atoms with Crippen molar-refractivity contribution in [2.45, 2.75) is 43.4 Å². The Morgan fingerprint density at radius 1 is 1.10 bits per heavy atom. The summed E-state index contributed by atoms with van der Waals surface area (Å²) in [6.45, 7) is 8.40. The van der Waals surface area contributed by atoms with Crippen LogP contribution < -0.4 is 14.6 Å². The van der Waals surface area contributed by atoms with Crippen molar-refractivity contribution in [3.8, 4) is 5.75 Å². The molecule has 1 aromatic heterocycles. The lowest BCUT2D eigenvalue weighted by Gasteiger charge is -2.33. The van der Waals surface area contributed by atoms with Crippen molar-refractivity contribution in [1.29, 1.82) is 0 Å². The van der Waals surface area contributed by atoms with Crippen molar-refractivity contribution in [2.75, 3.05) is 24.6 Å². The van der Waals surface area contributed by atoms with Crippen molar-refractivity contribution in [3.05, 3.63) is 54.2 Å². The molecule has 0 atom stereocenters. The Morgan fingerprint density at radius 3 is 2.47 bits per heavy atom. The fourth-order valence-electron chi connectivity index (χ4n) is 4.05. The van der Waals surface area contributed by atoms with E-state index in [9.17, 15) is 8.42 Å². The quantitative estimate of drug-likeness (QED) is 0.607. The van der Waals surface area contributed by atoms with E-state index in [-0.39, 0.29) is 0 Å². The standard InChI is InChI=1S/C24H28N2O3S/c1-4-29-19-7-10-22-21(15-19)24(26-13-11-18(3)12-14-26)23(16-25-22)30(27,28)20-8-5-17(2)6-9-20/h5-10,15-16,18H,4,11-14H2,1-3H3/p+1. The molecule has 0 aliphatic carbocycles. The summed E-state index contributed by atoms with van der Waals surface area (Å²) >= 11 is 0. The van der Waals surface area contributed by atoms with Gasteiger partial charge in [-0.2, -0.15) is 0 Å². The second-order valence-corrected chi connectivity index (χ2v) is 10.0. The minimum atomic E-state index is -3.68. The second kappa shape index (κ2) is 8.26. The van der Waals surface area contributed by atoms with Gasteiger partial charge in [0, 0.05) is 19.2 Å². The van der Waals surface area contributed by atoms with Crippen LogP contribution in [0.4, 0.5) is 5.69 Å². The summed E-state index contributed by atoms with van der Waals surface area (Å²) in [6.07, 6.45) is 3.75. The molecule has 1 aliphatic heterocycles. The molecule has 0 spiro atoms. The summed E-state index contributed by atoms with van der Waals surface area (Å²) in [6, 6.07) is 12.9. The molecule has 5 nitrogen and oxygen atoms in total. The predicted octanol–water partition coefficient (Wildman–Crippen LogP) is 4.43. The molecule has 1 N–H and O–H groups in total. The summed E-state index contributed by atoms with van der Waals surface area (Å²) in [5.41, 5.74) is 2.71. The van der Waals surface area contributed by atoms with Crippen LogP contribution in [0.5, 0.6) is 5.75 Å². The van der Waals surface area contributed by atoms with Crippen LogP contribution in [0.1, 0.15) is 32.3 Å². The molecule has 4 rings (SSSR count). The molecule has 0 saturated carbocycles. The summed E-state index contributed by atoms with van der Waals surface area (Å²) < 4.78 is 33.0. The topological polar surface area (TPSA) is 60.8 Å². The highest BCUT2D eigenvalue weighted by Crippen LogP contribution is 2.38. The number of aromatic nitrogens is 1. The Labute approximate surface area is 178 Å². The summed E-state index contributed by atoms with van der Waals surface area (Å²) in [7, 11) is -3.68. The monoisotopic (exact) mass is 425 g/mol. The number of nitrogens with zero attached hydrogens (tertiary/aromatic N) is 1. The van der Waals surface area contributed by atoms with E-state index < -0.39 is 9.84 Å². The van der Waals surface area contributed by atoms with Crippen LogP contribution >= 0.6 is 0 Å². The van der Waals surface area contributed by atoms with Crippen molar-refractivity contribution < 1.29 is 18.1 Å². The molecule has 0 radical (unpaired) electrons. The maximum atomic E-state index is 13.6. The first-order valence-electron chi connectivity index (χ1n) is 10.6. The summed E-state index contributed by atoms with van der Waals surface area (Å²) in [5.74, 6) is 1.40. The van der Waals surface area contributed by atoms with E-state index in [4.69, 9.17) is 4.74 Å². The van der Waals surface area contributed by atoms with Crippen LogP contribution in [0.3, 0.4) is 0 Å². The number of pyridine rings is 1. The van der Waals surface area contributed by atoms with Crippen molar-refractivity contribution in [2.24, 2.45) is 5.92 Å². The van der Waals surface area contributed by atoms with Crippen molar-refractivity contribution >= 4 is 26.4 Å². The van der Waals surface area contributed by atoms with Gasteiger partial charge < -0.3 is 9.64 Å². The van der Waals surface area contributed by atoms with E-state index >= 15 is 0 Å². The van der Waals surface area contributed by atoms with E-state index in [2.05, 4.69) is 16.8 Å². The Balaban J connectivity index is 1.94. The minimum absolute atomic E-state index is 0.313. The highest BCUT2D eigenvalue weighted by Gasteiger charge is 2.31. The number of aromatic amines is 1. The molecule has 1 aliphatic rings. The fourth-order valence-corrected chi connectivity index (χ4v) is 5.51. The summed E-state index contributed by atoms with van der Waals surface area (Å²) in [4.78, 5) is 6.07. The van der Waals surface area contributed by atoms with Gasteiger partial charge in [0.1, 0.15) is 5.75 Å². The van der Waals surface area contributed by atoms with Gasteiger partial charge in [-0.15, -0.1) is 0 Å². The highest BCUT2D eigenvalue weighted by molar-refractivity contribution is 7.91. The third-order valence-corrected chi connectivity index (χ3v) is 7.65. The zero-order chi connectivity index (χ0) is 21.3. The van der Waals surface area contributed by atoms with Gasteiger partial charge in [-0.1, -0.05) is 24.6 Å². The van der Waals surface area contributed by atoms with Gasteiger partial charge in [-0.25, -0.2) is 13.4 Å². The van der Waals surface area contributed by atoms with E-state index in [1.165, 1.54) is 0 Å². The van der Waals surface area contributed by atoms with Gasteiger partial charge in [-0.05, 0) is 56.9 Å². The average Bonchev–Trinajstić information content (AvgIpc) is 2.74. The van der Waals surface area contributed by atoms with Crippen LogP contribution in [0, 0.1) is 12.8 Å². The number of ether oxygens (including phenoxy) is 1. The Hall–Kier alpha value is -2.60. The molecule has 1 saturated heterocycles. The van der Waals surface area contributed by atoms with Crippen molar-refractivity contribution in [1.82, 2.24) is 0 Å². The summed E-state index contributed by atoms with van der Waals surface area (Å²) in [5, 5.41) is 0.878. The molecule has 158 valence electrons. The third-order valence-electron chi connectivity index (χ3n) is 5.87. The molecule has 1 fully saturated rings. The number of hydrogen-bond donors (Lipinski definition) is 0. The fraction of sp³-hybridized carbons (Fsp3) is 0.375. The number of piperidine rings is 1. The normalized spacial score (nSPS) is 15.5. The third kappa shape index (κ3) is 3.88. The van der Waals surface area contributed by atoms with Crippen LogP contribution in [0.25, 0.3) is 10.9 Å². The first-order valence-corrected chi connectivity index (χ1v) is 12.1. The van der Waals surface area contributed by atoms with Crippen LogP contribution in [-0.4, -0.2) is 28.1 Å². The number of benzene rings is 2. The zero-order valence-corrected chi connectivity index (χ0v) is 18.6. The van der Waals surface area contributed by atoms with Crippen LogP contribution in [0.15, 0.2) is 58.5 Å². The maximum absolute atomic E-state index is 13.6. The van der Waals surface area contributed by atoms with Gasteiger partial charge in [-0.3, -0.25) is 0 Å². The second-order valence-electron chi connectivity index (χ2n) is 8.13. The SMILES string of the molecule is CCOc1ccc2[nH+]cc(S(=O)(=O)c3ccc(C)cc3)c(N3CCC(C)CC3)c2c1. The van der Waals surface area contributed by atoms with E-state index in [1.807, 2.05) is 44.2 Å². The smallest absolute Gasteiger partial charge is 0.214 e. The molecular formula is C24H29N2O3S+. The number of nitrogens with one attached hydrogen (secondary N) is 1. The Kier molecular flexibility index (Phi) is 5.69. The number of rotatable bonds is 5. The van der Waals surface area contributed by atoms with Gasteiger partial charge in [0.2, 0.25) is 15.4 Å². The van der Waals surface area contributed by atoms with Gasteiger partial charge >= 0.3 is 0 Å². The Morgan fingerprint density at radius 2 is 1.80 bits per heavy atom. The van der Waals surface area contributed by atoms with Crippen LogP contribution in [-0.2, 0) is 9.84 Å². The van der Waals surface area contributed by atoms with Gasteiger partial charge in [0.25, 0.3) is 0 Å².